The van der Waals surface area contributed by atoms with Crippen molar-refractivity contribution in [2.24, 2.45) is 0 Å². The van der Waals surface area contributed by atoms with Gasteiger partial charge in [0.25, 0.3) is 0 Å². The summed E-state index contributed by atoms with van der Waals surface area (Å²) in [7, 11) is 1.94. The topological polar surface area (TPSA) is 54.5 Å². The molecular formula is C24H27N3O2. The minimum absolute atomic E-state index is 0.0171. The van der Waals surface area contributed by atoms with Crippen molar-refractivity contribution in [2.75, 3.05) is 18.9 Å². The van der Waals surface area contributed by atoms with Crippen LogP contribution in [-0.4, -0.2) is 29.4 Å². The van der Waals surface area contributed by atoms with Crippen molar-refractivity contribution in [3.63, 3.8) is 0 Å². The highest BCUT2D eigenvalue weighted by molar-refractivity contribution is 5.93. The number of aromatic nitrogens is 1. The molecule has 1 aromatic heterocycles. The van der Waals surface area contributed by atoms with Crippen LogP contribution in [0.2, 0.25) is 0 Å². The fourth-order valence-electron chi connectivity index (χ4n) is 3.02. The number of pyridine rings is 1. The van der Waals surface area contributed by atoms with Gasteiger partial charge >= 0.3 is 0 Å². The zero-order valence-corrected chi connectivity index (χ0v) is 17.2. The van der Waals surface area contributed by atoms with Crippen molar-refractivity contribution in [3.05, 3.63) is 89.2 Å². The van der Waals surface area contributed by atoms with Crippen molar-refractivity contribution in [2.45, 2.75) is 27.0 Å². The van der Waals surface area contributed by atoms with E-state index in [1.807, 2.05) is 86.5 Å². The Bertz CT molecular complexity index is 940. The molecule has 3 rings (SSSR count). The van der Waals surface area contributed by atoms with Crippen LogP contribution < -0.4 is 10.1 Å². The van der Waals surface area contributed by atoms with Gasteiger partial charge in [-0.15, -0.1) is 0 Å². The van der Waals surface area contributed by atoms with E-state index >= 15 is 0 Å². The Kier molecular flexibility index (Phi) is 6.98. The molecule has 1 amide bonds. The van der Waals surface area contributed by atoms with Crippen LogP contribution in [-0.2, 0) is 17.9 Å². The zero-order valence-electron chi connectivity index (χ0n) is 17.2. The van der Waals surface area contributed by atoms with Gasteiger partial charge in [-0.3, -0.25) is 14.7 Å². The third-order valence-corrected chi connectivity index (χ3v) is 4.78. The molecule has 5 nitrogen and oxygen atoms in total. The number of likely N-dealkylation sites (N-methyl/N-ethyl adjacent to an activating group) is 1. The van der Waals surface area contributed by atoms with E-state index in [1.54, 1.807) is 6.20 Å². The molecule has 0 aliphatic heterocycles. The van der Waals surface area contributed by atoms with Gasteiger partial charge in [-0.05, 0) is 67.9 Å². The molecule has 0 unspecified atom stereocenters. The number of hydrogen-bond acceptors (Lipinski definition) is 4. The fourth-order valence-corrected chi connectivity index (χ4v) is 3.02. The molecule has 3 aromatic rings. The SMILES string of the molecule is Cc1cccc(NC(=O)CN(C)Cc2ccc(OCc3ccccn3)cc2)c1C. The Morgan fingerprint density at radius 2 is 1.83 bits per heavy atom. The van der Waals surface area contributed by atoms with E-state index in [0.29, 0.717) is 19.7 Å². The number of rotatable bonds is 8. The van der Waals surface area contributed by atoms with Crippen LogP contribution in [0.4, 0.5) is 5.69 Å². The van der Waals surface area contributed by atoms with Crippen LogP contribution in [0.15, 0.2) is 66.9 Å². The summed E-state index contributed by atoms with van der Waals surface area (Å²) in [4.78, 5) is 18.6. The standard InChI is InChI=1S/C24H27N3O2/c1-18-7-6-9-23(19(18)2)26-24(28)16-27(3)15-20-10-12-22(13-11-20)29-17-21-8-4-5-14-25-21/h4-14H,15-17H2,1-3H3,(H,26,28). The molecule has 0 bridgehead atoms. The summed E-state index contributed by atoms with van der Waals surface area (Å²) in [6, 6.07) is 19.6. The summed E-state index contributed by atoms with van der Waals surface area (Å²) in [5, 5.41) is 3.00. The number of amides is 1. The number of aryl methyl sites for hydroxylation is 1. The van der Waals surface area contributed by atoms with Crippen LogP contribution in [0.5, 0.6) is 5.75 Å². The highest BCUT2D eigenvalue weighted by Gasteiger charge is 2.10. The second-order valence-electron chi connectivity index (χ2n) is 7.22. The van der Waals surface area contributed by atoms with Crippen molar-refractivity contribution in [3.8, 4) is 5.75 Å². The first-order valence-corrected chi connectivity index (χ1v) is 9.67. The molecule has 150 valence electrons. The van der Waals surface area contributed by atoms with Crippen LogP contribution in [0.25, 0.3) is 0 Å². The third-order valence-electron chi connectivity index (χ3n) is 4.78. The molecule has 1 heterocycles. The Morgan fingerprint density at radius 1 is 1.03 bits per heavy atom. The van der Waals surface area contributed by atoms with Gasteiger partial charge in [0.2, 0.25) is 5.91 Å². The summed E-state index contributed by atoms with van der Waals surface area (Å²) >= 11 is 0. The summed E-state index contributed by atoms with van der Waals surface area (Å²) in [6.45, 7) is 5.51. The molecule has 1 N–H and O–H groups in total. The van der Waals surface area contributed by atoms with Gasteiger partial charge in [0, 0.05) is 18.4 Å². The minimum atomic E-state index is -0.0171. The largest absolute Gasteiger partial charge is 0.487 e. The van der Waals surface area contributed by atoms with Crippen molar-refractivity contribution < 1.29 is 9.53 Å². The van der Waals surface area contributed by atoms with Gasteiger partial charge in [-0.2, -0.15) is 0 Å². The number of benzene rings is 2. The van der Waals surface area contributed by atoms with E-state index in [-0.39, 0.29) is 5.91 Å². The van der Waals surface area contributed by atoms with Crippen molar-refractivity contribution in [1.82, 2.24) is 9.88 Å². The Balaban J connectivity index is 1.48. The minimum Gasteiger partial charge on any atom is -0.487 e. The first-order chi connectivity index (χ1) is 14.0. The first kappa shape index (κ1) is 20.6. The van der Waals surface area contributed by atoms with E-state index in [1.165, 1.54) is 5.56 Å². The lowest BCUT2D eigenvalue weighted by molar-refractivity contribution is -0.117. The van der Waals surface area contributed by atoms with Gasteiger partial charge < -0.3 is 10.1 Å². The Hall–Kier alpha value is -3.18. The molecule has 5 heteroatoms. The number of carbonyl (C=O) groups is 1. The maximum atomic E-state index is 12.4. The van der Waals surface area contributed by atoms with E-state index < -0.39 is 0 Å². The highest BCUT2D eigenvalue weighted by Crippen LogP contribution is 2.18. The second kappa shape index (κ2) is 9.85. The molecule has 0 aliphatic carbocycles. The Labute approximate surface area is 172 Å². The number of hydrogen-bond donors (Lipinski definition) is 1. The number of nitrogens with zero attached hydrogens (tertiary/aromatic N) is 2. The first-order valence-electron chi connectivity index (χ1n) is 9.67. The molecule has 0 saturated heterocycles. The number of anilines is 1. The van der Waals surface area contributed by atoms with Crippen LogP contribution in [0.3, 0.4) is 0 Å². The van der Waals surface area contributed by atoms with E-state index in [4.69, 9.17) is 4.74 Å². The highest BCUT2D eigenvalue weighted by atomic mass is 16.5. The summed E-state index contributed by atoms with van der Waals surface area (Å²) in [5.74, 6) is 0.784. The number of ether oxygens (including phenoxy) is 1. The average Bonchev–Trinajstić information content (AvgIpc) is 2.71. The van der Waals surface area contributed by atoms with E-state index in [9.17, 15) is 4.79 Å². The molecule has 0 radical (unpaired) electrons. The zero-order chi connectivity index (χ0) is 20.6. The lowest BCUT2D eigenvalue weighted by Crippen LogP contribution is -2.30. The van der Waals surface area contributed by atoms with Crippen molar-refractivity contribution >= 4 is 11.6 Å². The predicted molar refractivity (Wildman–Crippen MR) is 116 cm³/mol. The summed E-state index contributed by atoms with van der Waals surface area (Å²) < 4.78 is 5.76. The maximum absolute atomic E-state index is 12.4. The molecule has 2 aromatic carbocycles. The molecule has 0 aliphatic rings. The average molecular weight is 389 g/mol. The van der Waals surface area contributed by atoms with Crippen LogP contribution in [0.1, 0.15) is 22.4 Å². The van der Waals surface area contributed by atoms with Gasteiger partial charge in [-0.25, -0.2) is 0 Å². The molecule has 0 atom stereocenters. The normalized spacial score (nSPS) is 10.8. The Morgan fingerprint density at radius 3 is 2.55 bits per heavy atom. The number of nitrogens with one attached hydrogen (secondary N) is 1. The molecular weight excluding hydrogens is 362 g/mol. The molecule has 0 fully saturated rings. The lowest BCUT2D eigenvalue weighted by Gasteiger charge is -2.17. The molecule has 0 spiro atoms. The quantitative estimate of drug-likeness (QED) is 0.622. The fraction of sp³-hybridized carbons (Fsp3) is 0.250. The molecule has 29 heavy (non-hydrogen) atoms. The summed E-state index contributed by atoms with van der Waals surface area (Å²) in [6.07, 6.45) is 1.76. The van der Waals surface area contributed by atoms with E-state index in [0.717, 1.165) is 28.3 Å². The van der Waals surface area contributed by atoms with Crippen molar-refractivity contribution in [1.29, 1.82) is 0 Å². The van der Waals surface area contributed by atoms with Crippen LogP contribution in [0, 0.1) is 13.8 Å². The number of carbonyl (C=O) groups excluding carboxylic acids is 1. The van der Waals surface area contributed by atoms with Gasteiger partial charge in [0.15, 0.2) is 0 Å². The van der Waals surface area contributed by atoms with Crippen LogP contribution >= 0.6 is 0 Å². The smallest absolute Gasteiger partial charge is 0.238 e. The molecule has 0 saturated carbocycles. The third kappa shape index (κ3) is 6.16. The summed E-state index contributed by atoms with van der Waals surface area (Å²) in [5.41, 5.74) is 5.16. The second-order valence-corrected chi connectivity index (χ2v) is 7.22. The van der Waals surface area contributed by atoms with Gasteiger partial charge in [-0.1, -0.05) is 30.3 Å². The van der Waals surface area contributed by atoms with Gasteiger partial charge in [0.05, 0.1) is 12.2 Å². The van der Waals surface area contributed by atoms with Gasteiger partial charge in [0.1, 0.15) is 12.4 Å². The predicted octanol–water partition coefficient (Wildman–Crippen LogP) is 4.35. The lowest BCUT2D eigenvalue weighted by atomic mass is 10.1. The monoisotopic (exact) mass is 389 g/mol. The maximum Gasteiger partial charge on any atom is 0.238 e. The van der Waals surface area contributed by atoms with E-state index in [2.05, 4.69) is 10.3 Å².